The lowest BCUT2D eigenvalue weighted by Gasteiger charge is -2.25. The molecule has 4 heteroatoms. The molecule has 3 nitrogen and oxygen atoms in total. The lowest BCUT2D eigenvalue weighted by atomic mass is 9.84. The summed E-state index contributed by atoms with van der Waals surface area (Å²) in [6.45, 7) is 0. The Morgan fingerprint density at radius 1 is 1.00 bits per heavy atom. The van der Waals surface area contributed by atoms with Gasteiger partial charge in [-0.3, -0.25) is 4.79 Å². The van der Waals surface area contributed by atoms with Gasteiger partial charge in [-0.1, -0.05) is 37.5 Å². The van der Waals surface area contributed by atoms with Crippen molar-refractivity contribution in [2.45, 2.75) is 54.6 Å². The van der Waals surface area contributed by atoms with Crippen LogP contribution in [0.15, 0.2) is 35.2 Å². The van der Waals surface area contributed by atoms with Crippen LogP contribution in [-0.4, -0.2) is 18.9 Å². The molecule has 0 atom stereocenters. The predicted molar refractivity (Wildman–Crippen MR) is 77.2 cm³/mol. The smallest absolute Gasteiger partial charge is 0.191 e. The number of benzene rings is 1. The van der Waals surface area contributed by atoms with Crippen molar-refractivity contribution in [1.29, 1.82) is 0 Å². The molecule has 3 rings (SSSR count). The summed E-state index contributed by atoms with van der Waals surface area (Å²) in [4.78, 5) is 13.0. The summed E-state index contributed by atoms with van der Waals surface area (Å²) in [7, 11) is -3.53. The number of carbonyl (C=O) groups excluding carboxylic acids is 1. The Labute approximate surface area is 120 Å². The van der Waals surface area contributed by atoms with Crippen LogP contribution in [0.25, 0.3) is 0 Å². The van der Waals surface area contributed by atoms with Crippen molar-refractivity contribution in [2.24, 2.45) is 5.92 Å². The Hall–Kier alpha value is -1.16. The molecule has 0 aliphatic heterocycles. The van der Waals surface area contributed by atoms with Gasteiger partial charge in [-0.25, -0.2) is 8.42 Å². The van der Waals surface area contributed by atoms with Crippen LogP contribution in [0.1, 0.15) is 44.9 Å². The van der Waals surface area contributed by atoms with E-state index in [-0.39, 0.29) is 11.7 Å². The summed E-state index contributed by atoms with van der Waals surface area (Å²) in [6, 6.07) is 8.43. The molecule has 0 N–H and O–H groups in total. The van der Waals surface area contributed by atoms with Crippen molar-refractivity contribution in [3.8, 4) is 0 Å². The first-order valence-electron chi connectivity index (χ1n) is 7.42. The van der Waals surface area contributed by atoms with Gasteiger partial charge in [0.1, 0.15) is 4.75 Å². The van der Waals surface area contributed by atoms with Crippen LogP contribution in [-0.2, 0) is 14.6 Å². The number of Topliss-reactive ketones (excluding diaryl/α,β-unsaturated/α-hetero) is 1. The SMILES string of the molecule is O=C(C1CCCCC1)C1(S(=O)(=O)c2ccccc2)CC1. The monoisotopic (exact) mass is 292 g/mol. The van der Waals surface area contributed by atoms with E-state index < -0.39 is 14.6 Å². The second-order valence-electron chi connectivity index (χ2n) is 6.01. The molecule has 20 heavy (non-hydrogen) atoms. The second-order valence-corrected chi connectivity index (χ2v) is 8.27. The average molecular weight is 292 g/mol. The zero-order chi connectivity index (χ0) is 14.2. The van der Waals surface area contributed by atoms with E-state index in [4.69, 9.17) is 0 Å². The van der Waals surface area contributed by atoms with E-state index in [1.54, 1.807) is 30.3 Å². The summed E-state index contributed by atoms with van der Waals surface area (Å²) in [5.74, 6) is -0.0502. The van der Waals surface area contributed by atoms with Crippen LogP contribution >= 0.6 is 0 Å². The molecule has 2 aliphatic carbocycles. The third kappa shape index (κ3) is 2.10. The van der Waals surface area contributed by atoms with E-state index in [1.807, 2.05) is 0 Å². The first-order valence-corrected chi connectivity index (χ1v) is 8.90. The summed E-state index contributed by atoms with van der Waals surface area (Å²) in [5.41, 5.74) is 0. The minimum atomic E-state index is -3.53. The number of ketones is 1. The minimum absolute atomic E-state index is 0.0129. The van der Waals surface area contributed by atoms with Crippen LogP contribution in [0.3, 0.4) is 0 Å². The van der Waals surface area contributed by atoms with Gasteiger partial charge in [0.05, 0.1) is 4.90 Å². The van der Waals surface area contributed by atoms with Gasteiger partial charge >= 0.3 is 0 Å². The molecule has 0 heterocycles. The molecule has 1 aromatic rings. The maximum Gasteiger partial charge on any atom is 0.191 e. The van der Waals surface area contributed by atoms with Gasteiger partial charge in [-0.05, 0) is 37.8 Å². The fraction of sp³-hybridized carbons (Fsp3) is 0.562. The maximum absolute atomic E-state index is 12.8. The minimum Gasteiger partial charge on any atom is -0.298 e. The number of hydrogen-bond acceptors (Lipinski definition) is 3. The Morgan fingerprint density at radius 2 is 1.60 bits per heavy atom. The van der Waals surface area contributed by atoms with Gasteiger partial charge in [0, 0.05) is 5.92 Å². The summed E-state index contributed by atoms with van der Waals surface area (Å²) in [5, 5.41) is 0. The molecular formula is C16H20O3S. The van der Waals surface area contributed by atoms with Crippen LogP contribution in [0.4, 0.5) is 0 Å². The first-order chi connectivity index (χ1) is 9.58. The summed E-state index contributed by atoms with van der Waals surface area (Å²) < 4.78 is 24.5. The lowest BCUT2D eigenvalue weighted by Crippen LogP contribution is -2.38. The number of sulfone groups is 1. The number of hydrogen-bond donors (Lipinski definition) is 0. The van der Waals surface area contributed by atoms with E-state index in [2.05, 4.69) is 0 Å². The Balaban J connectivity index is 1.90. The van der Waals surface area contributed by atoms with Crippen LogP contribution in [0.5, 0.6) is 0 Å². The standard InChI is InChI=1S/C16H20O3S/c17-15(13-7-3-1-4-8-13)16(11-12-16)20(18,19)14-9-5-2-6-10-14/h2,5-6,9-10,13H,1,3-4,7-8,11-12H2. The van der Waals surface area contributed by atoms with Crippen LogP contribution in [0.2, 0.25) is 0 Å². The number of carbonyl (C=O) groups is 1. The van der Waals surface area contributed by atoms with Gasteiger partial charge in [-0.2, -0.15) is 0 Å². The molecule has 0 spiro atoms. The van der Waals surface area contributed by atoms with E-state index in [0.29, 0.717) is 17.7 Å². The van der Waals surface area contributed by atoms with Gasteiger partial charge in [0.15, 0.2) is 15.6 Å². The fourth-order valence-corrected chi connectivity index (χ4v) is 5.36. The van der Waals surface area contributed by atoms with Crippen molar-refractivity contribution >= 4 is 15.6 Å². The van der Waals surface area contributed by atoms with Crippen LogP contribution in [0, 0.1) is 5.92 Å². The van der Waals surface area contributed by atoms with Gasteiger partial charge < -0.3 is 0 Å². The topological polar surface area (TPSA) is 51.2 Å². The molecule has 0 amide bonds. The summed E-state index contributed by atoms with van der Waals surface area (Å²) >= 11 is 0. The number of rotatable bonds is 4. The lowest BCUT2D eigenvalue weighted by molar-refractivity contribution is -0.124. The zero-order valence-electron chi connectivity index (χ0n) is 11.5. The normalized spacial score (nSPS) is 22.4. The second kappa shape index (κ2) is 4.99. The third-order valence-electron chi connectivity index (χ3n) is 4.70. The zero-order valence-corrected chi connectivity index (χ0v) is 12.4. The molecule has 2 saturated carbocycles. The van der Waals surface area contributed by atoms with E-state index in [1.165, 1.54) is 6.42 Å². The predicted octanol–water partition coefficient (Wildman–Crippen LogP) is 3.14. The molecule has 2 aliphatic rings. The third-order valence-corrected chi connectivity index (χ3v) is 7.23. The molecule has 108 valence electrons. The maximum atomic E-state index is 12.8. The molecule has 1 aromatic carbocycles. The van der Waals surface area contributed by atoms with Crippen LogP contribution < -0.4 is 0 Å². The highest BCUT2D eigenvalue weighted by atomic mass is 32.2. The highest BCUT2D eigenvalue weighted by Crippen LogP contribution is 2.50. The average Bonchev–Trinajstić information content (AvgIpc) is 3.30. The Morgan fingerprint density at radius 3 is 2.15 bits per heavy atom. The molecule has 0 unspecified atom stereocenters. The van der Waals surface area contributed by atoms with Crippen molar-refractivity contribution in [3.63, 3.8) is 0 Å². The highest BCUT2D eigenvalue weighted by Gasteiger charge is 2.61. The molecule has 2 fully saturated rings. The first kappa shape index (κ1) is 13.8. The van der Waals surface area contributed by atoms with Crippen molar-refractivity contribution in [2.75, 3.05) is 0 Å². The Kier molecular flexibility index (Phi) is 3.44. The summed E-state index contributed by atoms with van der Waals surface area (Å²) in [6.07, 6.45) is 6.01. The molecule has 0 bridgehead atoms. The largest absolute Gasteiger partial charge is 0.298 e. The van der Waals surface area contributed by atoms with Gasteiger partial charge in [0.25, 0.3) is 0 Å². The fourth-order valence-electron chi connectivity index (χ4n) is 3.32. The molecule has 0 saturated heterocycles. The van der Waals surface area contributed by atoms with Crippen molar-refractivity contribution in [3.05, 3.63) is 30.3 Å². The van der Waals surface area contributed by atoms with Crippen molar-refractivity contribution in [1.82, 2.24) is 0 Å². The van der Waals surface area contributed by atoms with Crippen molar-refractivity contribution < 1.29 is 13.2 Å². The van der Waals surface area contributed by atoms with Gasteiger partial charge in [-0.15, -0.1) is 0 Å². The quantitative estimate of drug-likeness (QED) is 0.856. The highest BCUT2D eigenvalue weighted by molar-refractivity contribution is 7.94. The molecular weight excluding hydrogens is 272 g/mol. The van der Waals surface area contributed by atoms with E-state index >= 15 is 0 Å². The Bertz CT molecular complexity index is 594. The van der Waals surface area contributed by atoms with E-state index in [9.17, 15) is 13.2 Å². The molecule has 0 aromatic heterocycles. The van der Waals surface area contributed by atoms with E-state index in [0.717, 1.165) is 25.7 Å². The van der Waals surface area contributed by atoms with Gasteiger partial charge in [0.2, 0.25) is 0 Å². The molecule has 0 radical (unpaired) electrons.